The van der Waals surface area contributed by atoms with Gasteiger partial charge >= 0.3 is 0 Å². The van der Waals surface area contributed by atoms with Crippen molar-refractivity contribution >= 4 is 22.7 Å². The maximum atomic E-state index is 6.42. The van der Waals surface area contributed by atoms with Crippen LogP contribution in [-0.2, 0) is 0 Å². The number of nitrogens with zero attached hydrogens (tertiary/aromatic N) is 1. The normalized spacial score (nSPS) is 11.8. The van der Waals surface area contributed by atoms with Gasteiger partial charge in [0.15, 0.2) is 5.75 Å². The number of ether oxygens (including phenoxy) is 3. The second-order valence-corrected chi connectivity index (χ2v) is 8.66. The van der Waals surface area contributed by atoms with E-state index in [4.69, 9.17) is 19.2 Å². The number of hydrogen-bond donors (Lipinski definition) is 0. The summed E-state index contributed by atoms with van der Waals surface area (Å²) < 4.78 is 18.9. The van der Waals surface area contributed by atoms with E-state index in [0.717, 1.165) is 33.5 Å². The minimum absolute atomic E-state index is 0.606. The van der Waals surface area contributed by atoms with Crippen molar-refractivity contribution < 1.29 is 14.2 Å². The Morgan fingerprint density at radius 3 is 2.06 bits per heavy atom. The fourth-order valence-corrected chi connectivity index (χ4v) is 4.11. The molecule has 0 unspecified atom stereocenters. The summed E-state index contributed by atoms with van der Waals surface area (Å²) in [7, 11) is 0. The average molecular weight is 458 g/mol. The molecule has 0 fully saturated rings. The standard InChI is InChI=1S/C31H23NO3/c1-20-7-12-23(13-8-20)33-25-17-29(34-24-14-9-21(2)10-15-24)27-19-32-31-26-6-4-3-5-22(26)11-16-28(31)35-30(27)18-25/h3-19H,1-2H3. The molecule has 0 aromatic heterocycles. The van der Waals surface area contributed by atoms with Crippen molar-refractivity contribution in [3.8, 4) is 34.5 Å². The van der Waals surface area contributed by atoms with Gasteiger partial charge in [-0.25, -0.2) is 0 Å². The number of rotatable bonds is 4. The molecule has 35 heavy (non-hydrogen) atoms. The second-order valence-electron chi connectivity index (χ2n) is 8.66. The molecule has 0 saturated heterocycles. The molecule has 6 rings (SSSR count). The molecule has 0 bridgehead atoms. The maximum Gasteiger partial charge on any atom is 0.153 e. The Balaban J connectivity index is 1.46. The Labute approximate surface area is 204 Å². The number of aryl methyl sites for hydroxylation is 2. The van der Waals surface area contributed by atoms with E-state index in [1.807, 2.05) is 105 Å². The summed E-state index contributed by atoms with van der Waals surface area (Å²) in [5.74, 6) is 4.00. The zero-order valence-electron chi connectivity index (χ0n) is 19.5. The van der Waals surface area contributed by atoms with Crippen molar-refractivity contribution in [2.75, 3.05) is 0 Å². The molecule has 0 amide bonds. The van der Waals surface area contributed by atoms with Gasteiger partial charge in [0, 0.05) is 23.7 Å². The van der Waals surface area contributed by atoms with Gasteiger partial charge < -0.3 is 14.2 Å². The summed E-state index contributed by atoms with van der Waals surface area (Å²) in [4.78, 5) is 4.83. The highest BCUT2D eigenvalue weighted by molar-refractivity contribution is 6.00. The van der Waals surface area contributed by atoms with Crippen LogP contribution in [0.3, 0.4) is 0 Å². The summed E-state index contributed by atoms with van der Waals surface area (Å²) in [6, 6.07) is 31.8. The lowest BCUT2D eigenvalue weighted by molar-refractivity contribution is 0.440. The lowest BCUT2D eigenvalue weighted by Crippen LogP contribution is -1.96. The highest BCUT2D eigenvalue weighted by Crippen LogP contribution is 2.45. The van der Waals surface area contributed by atoms with Crippen LogP contribution in [0.15, 0.2) is 102 Å². The third-order valence-corrected chi connectivity index (χ3v) is 5.99. The predicted molar refractivity (Wildman–Crippen MR) is 140 cm³/mol. The van der Waals surface area contributed by atoms with E-state index < -0.39 is 0 Å². The number of fused-ring (bicyclic) bond motifs is 4. The van der Waals surface area contributed by atoms with Crippen LogP contribution < -0.4 is 14.2 Å². The highest BCUT2D eigenvalue weighted by Gasteiger charge is 2.20. The molecule has 0 aliphatic carbocycles. The Kier molecular flexibility index (Phi) is 5.19. The lowest BCUT2D eigenvalue weighted by Gasteiger charge is -2.16. The summed E-state index contributed by atoms with van der Waals surface area (Å²) in [5, 5.41) is 2.14. The Hall–Kier alpha value is -4.57. The Bertz CT molecular complexity index is 1570. The van der Waals surface area contributed by atoms with Crippen LogP contribution in [0.1, 0.15) is 16.7 Å². The third-order valence-electron chi connectivity index (χ3n) is 5.99. The quantitative estimate of drug-likeness (QED) is 0.265. The minimum Gasteiger partial charge on any atom is -0.457 e. The molecule has 0 atom stereocenters. The van der Waals surface area contributed by atoms with Crippen LogP contribution in [0.5, 0.6) is 34.5 Å². The zero-order valence-corrected chi connectivity index (χ0v) is 19.5. The van der Waals surface area contributed by atoms with E-state index in [1.54, 1.807) is 0 Å². The molecule has 0 spiro atoms. The fourth-order valence-electron chi connectivity index (χ4n) is 4.11. The van der Waals surface area contributed by atoms with Crippen molar-refractivity contribution in [2.45, 2.75) is 13.8 Å². The van der Waals surface area contributed by atoms with Crippen molar-refractivity contribution in [1.82, 2.24) is 0 Å². The molecule has 170 valence electrons. The van der Waals surface area contributed by atoms with E-state index >= 15 is 0 Å². The molecular formula is C31H23NO3. The van der Waals surface area contributed by atoms with E-state index in [9.17, 15) is 0 Å². The van der Waals surface area contributed by atoms with Crippen LogP contribution in [0.2, 0.25) is 0 Å². The van der Waals surface area contributed by atoms with E-state index in [-0.39, 0.29) is 0 Å². The van der Waals surface area contributed by atoms with Crippen molar-refractivity contribution in [3.05, 3.63) is 114 Å². The number of hydrogen-bond acceptors (Lipinski definition) is 4. The molecule has 1 heterocycles. The van der Waals surface area contributed by atoms with Gasteiger partial charge in [-0.15, -0.1) is 0 Å². The molecule has 0 radical (unpaired) electrons. The monoisotopic (exact) mass is 457 g/mol. The highest BCUT2D eigenvalue weighted by atomic mass is 16.5. The lowest BCUT2D eigenvalue weighted by atomic mass is 10.1. The van der Waals surface area contributed by atoms with E-state index in [1.165, 1.54) is 11.1 Å². The first-order chi connectivity index (χ1) is 17.1. The van der Waals surface area contributed by atoms with Crippen molar-refractivity contribution in [2.24, 2.45) is 4.99 Å². The van der Waals surface area contributed by atoms with Gasteiger partial charge in [0.2, 0.25) is 0 Å². The van der Waals surface area contributed by atoms with Gasteiger partial charge in [0.1, 0.15) is 34.4 Å². The molecule has 4 nitrogen and oxygen atoms in total. The van der Waals surface area contributed by atoms with Crippen LogP contribution in [0.25, 0.3) is 10.8 Å². The first-order valence-corrected chi connectivity index (χ1v) is 11.5. The van der Waals surface area contributed by atoms with Gasteiger partial charge in [-0.1, -0.05) is 65.7 Å². The second kappa shape index (κ2) is 8.65. The van der Waals surface area contributed by atoms with Crippen LogP contribution >= 0.6 is 0 Å². The topological polar surface area (TPSA) is 40.0 Å². The summed E-state index contributed by atoms with van der Waals surface area (Å²) in [6.07, 6.45) is 1.81. The van der Waals surface area contributed by atoms with Gasteiger partial charge in [-0.3, -0.25) is 4.99 Å². The van der Waals surface area contributed by atoms with Crippen LogP contribution in [0, 0.1) is 13.8 Å². The maximum absolute atomic E-state index is 6.42. The minimum atomic E-state index is 0.606. The van der Waals surface area contributed by atoms with Crippen LogP contribution in [0.4, 0.5) is 5.69 Å². The predicted octanol–water partition coefficient (Wildman–Crippen LogP) is 8.90. The average Bonchev–Trinajstić information content (AvgIpc) is 3.06. The van der Waals surface area contributed by atoms with Crippen molar-refractivity contribution in [1.29, 1.82) is 0 Å². The Morgan fingerprint density at radius 2 is 1.31 bits per heavy atom. The van der Waals surface area contributed by atoms with Crippen molar-refractivity contribution in [3.63, 3.8) is 0 Å². The van der Waals surface area contributed by atoms with Gasteiger partial charge in [-0.2, -0.15) is 0 Å². The smallest absolute Gasteiger partial charge is 0.153 e. The summed E-state index contributed by atoms with van der Waals surface area (Å²) in [5.41, 5.74) is 3.88. The fraction of sp³-hybridized carbons (Fsp3) is 0.0645. The molecule has 1 aliphatic heterocycles. The third kappa shape index (κ3) is 4.22. The van der Waals surface area contributed by atoms with Crippen LogP contribution in [-0.4, -0.2) is 6.21 Å². The van der Waals surface area contributed by atoms with Gasteiger partial charge in [0.05, 0.1) is 5.56 Å². The first-order valence-electron chi connectivity index (χ1n) is 11.5. The zero-order chi connectivity index (χ0) is 23.8. The summed E-state index contributed by atoms with van der Waals surface area (Å²) in [6.45, 7) is 4.10. The van der Waals surface area contributed by atoms with Gasteiger partial charge in [-0.05, 0) is 49.6 Å². The number of aliphatic imine (C=N–C) groups is 1. The molecule has 5 aromatic carbocycles. The first kappa shape index (κ1) is 21.0. The van der Waals surface area contributed by atoms with E-state index in [0.29, 0.717) is 23.0 Å². The molecule has 5 aromatic rings. The summed E-state index contributed by atoms with van der Waals surface area (Å²) >= 11 is 0. The molecule has 0 saturated carbocycles. The largest absolute Gasteiger partial charge is 0.457 e. The molecular weight excluding hydrogens is 434 g/mol. The number of benzene rings is 5. The Morgan fingerprint density at radius 1 is 0.629 bits per heavy atom. The SMILES string of the molecule is Cc1ccc(Oc2cc(Oc3ccc(C)cc3)c3c(c2)Oc2ccc4ccccc4c2N=C3)cc1. The molecule has 1 aliphatic rings. The molecule has 4 heteroatoms. The van der Waals surface area contributed by atoms with E-state index in [2.05, 4.69) is 12.1 Å². The molecule has 0 N–H and O–H groups in total. The van der Waals surface area contributed by atoms with Gasteiger partial charge in [0.25, 0.3) is 0 Å².